The highest BCUT2D eigenvalue weighted by atomic mass is 32.2. The van der Waals surface area contributed by atoms with Gasteiger partial charge in [0.2, 0.25) is 5.91 Å². The second-order valence-electron chi connectivity index (χ2n) is 5.64. The maximum atomic E-state index is 11.8. The Balaban J connectivity index is 1.85. The number of piperazine rings is 1. The summed E-state index contributed by atoms with van der Waals surface area (Å²) in [7, 11) is 2.17. The monoisotopic (exact) mass is 307 g/mol. The number of rotatable bonds is 5. The third-order valence-electron chi connectivity index (χ3n) is 3.95. The minimum absolute atomic E-state index is 0.0185. The first-order valence-electron chi connectivity index (χ1n) is 7.42. The van der Waals surface area contributed by atoms with Crippen molar-refractivity contribution in [2.24, 2.45) is 0 Å². The molecule has 1 fully saturated rings. The highest BCUT2D eigenvalue weighted by Crippen LogP contribution is 2.14. The van der Waals surface area contributed by atoms with Crippen molar-refractivity contribution in [3.05, 3.63) is 29.8 Å². The summed E-state index contributed by atoms with van der Waals surface area (Å²) < 4.78 is 0. The van der Waals surface area contributed by atoms with E-state index in [2.05, 4.69) is 34.3 Å². The van der Waals surface area contributed by atoms with Crippen LogP contribution in [0.25, 0.3) is 0 Å². The lowest BCUT2D eigenvalue weighted by molar-refractivity contribution is -0.115. The number of amides is 1. The van der Waals surface area contributed by atoms with Crippen LogP contribution in [0, 0.1) is 0 Å². The summed E-state index contributed by atoms with van der Waals surface area (Å²) in [6.45, 7) is 7.44. The van der Waals surface area contributed by atoms with Crippen LogP contribution in [0.3, 0.4) is 0 Å². The van der Waals surface area contributed by atoms with E-state index in [1.54, 1.807) is 11.8 Å². The zero-order valence-corrected chi connectivity index (χ0v) is 13.9. The van der Waals surface area contributed by atoms with Crippen molar-refractivity contribution in [1.82, 2.24) is 9.80 Å². The topological polar surface area (TPSA) is 35.6 Å². The summed E-state index contributed by atoms with van der Waals surface area (Å²) in [5.74, 6) is 0.0642. The summed E-state index contributed by atoms with van der Waals surface area (Å²) in [5, 5.41) is 2.93. The molecular formula is C16H25N3OS. The summed E-state index contributed by atoms with van der Waals surface area (Å²) >= 11 is 1.56. The average Bonchev–Trinajstić information content (AvgIpc) is 2.50. The molecule has 1 aromatic carbocycles. The largest absolute Gasteiger partial charge is 0.325 e. The Morgan fingerprint density at radius 3 is 2.43 bits per heavy atom. The van der Waals surface area contributed by atoms with Gasteiger partial charge in [-0.1, -0.05) is 12.1 Å². The van der Waals surface area contributed by atoms with Gasteiger partial charge >= 0.3 is 0 Å². The van der Waals surface area contributed by atoms with Gasteiger partial charge in [0.15, 0.2) is 0 Å². The number of carbonyl (C=O) groups is 1. The van der Waals surface area contributed by atoms with Crippen LogP contribution in [0.15, 0.2) is 24.3 Å². The number of thioether (sulfide) groups is 1. The molecule has 0 radical (unpaired) electrons. The molecule has 1 N–H and O–H groups in total. The van der Waals surface area contributed by atoms with Gasteiger partial charge in [-0.05, 0) is 37.9 Å². The maximum absolute atomic E-state index is 11.8. The van der Waals surface area contributed by atoms with Crippen molar-refractivity contribution in [2.75, 3.05) is 44.8 Å². The molecule has 2 rings (SSSR count). The first-order valence-corrected chi connectivity index (χ1v) is 8.71. The number of hydrogen-bond acceptors (Lipinski definition) is 4. The van der Waals surface area contributed by atoms with Crippen molar-refractivity contribution in [2.45, 2.75) is 18.7 Å². The van der Waals surface area contributed by atoms with Gasteiger partial charge in [0, 0.05) is 38.4 Å². The smallest absolute Gasteiger partial charge is 0.237 e. The fourth-order valence-corrected chi connectivity index (χ4v) is 2.58. The van der Waals surface area contributed by atoms with Crippen LogP contribution < -0.4 is 5.32 Å². The lowest BCUT2D eigenvalue weighted by Crippen LogP contribution is -2.43. The molecule has 0 aromatic heterocycles. The third kappa shape index (κ3) is 5.02. The number of nitrogens with zero attached hydrogens (tertiary/aromatic N) is 2. The van der Waals surface area contributed by atoms with E-state index in [-0.39, 0.29) is 11.2 Å². The fraction of sp³-hybridized carbons (Fsp3) is 0.562. The van der Waals surface area contributed by atoms with Gasteiger partial charge in [-0.15, -0.1) is 0 Å². The van der Waals surface area contributed by atoms with Crippen LogP contribution in [-0.2, 0) is 11.3 Å². The first-order chi connectivity index (χ1) is 10.1. The molecule has 4 nitrogen and oxygen atoms in total. The number of likely N-dealkylation sites (N-methyl/N-ethyl adjacent to an activating group) is 1. The molecule has 1 aliphatic rings. The van der Waals surface area contributed by atoms with Crippen molar-refractivity contribution in [1.29, 1.82) is 0 Å². The van der Waals surface area contributed by atoms with Gasteiger partial charge in [0.05, 0.1) is 5.25 Å². The normalized spacial score (nSPS) is 18.4. The third-order valence-corrected chi connectivity index (χ3v) is 4.87. The molecule has 0 bridgehead atoms. The van der Waals surface area contributed by atoms with Crippen LogP contribution in [-0.4, -0.2) is 60.4 Å². The number of carbonyl (C=O) groups excluding carboxylic acids is 1. The molecular weight excluding hydrogens is 282 g/mol. The van der Waals surface area contributed by atoms with Crippen molar-refractivity contribution in [3.8, 4) is 0 Å². The summed E-state index contributed by atoms with van der Waals surface area (Å²) in [6, 6.07) is 8.21. The Labute approximate surface area is 131 Å². The van der Waals surface area contributed by atoms with Gasteiger partial charge in [-0.3, -0.25) is 9.69 Å². The molecule has 0 spiro atoms. The van der Waals surface area contributed by atoms with E-state index < -0.39 is 0 Å². The molecule has 1 aromatic rings. The molecule has 0 saturated carbocycles. The molecule has 116 valence electrons. The van der Waals surface area contributed by atoms with Gasteiger partial charge in [0.1, 0.15) is 0 Å². The minimum atomic E-state index is -0.0185. The van der Waals surface area contributed by atoms with Crippen LogP contribution in [0.1, 0.15) is 12.5 Å². The van der Waals surface area contributed by atoms with E-state index >= 15 is 0 Å². The molecule has 1 saturated heterocycles. The molecule has 0 aliphatic carbocycles. The lowest BCUT2D eigenvalue weighted by atomic mass is 10.1. The summed E-state index contributed by atoms with van der Waals surface area (Å²) in [5.41, 5.74) is 2.18. The molecule has 1 heterocycles. The molecule has 1 aliphatic heterocycles. The van der Waals surface area contributed by atoms with Gasteiger partial charge in [0.25, 0.3) is 0 Å². The van der Waals surface area contributed by atoms with Crippen LogP contribution in [0.2, 0.25) is 0 Å². The Hall–Kier alpha value is -1.04. The van der Waals surface area contributed by atoms with Crippen molar-refractivity contribution in [3.63, 3.8) is 0 Å². The Kier molecular flexibility index (Phi) is 6.08. The second-order valence-corrected chi connectivity index (χ2v) is 6.82. The zero-order chi connectivity index (χ0) is 15.2. The summed E-state index contributed by atoms with van der Waals surface area (Å²) in [4.78, 5) is 16.7. The predicted molar refractivity (Wildman–Crippen MR) is 90.8 cm³/mol. The van der Waals surface area contributed by atoms with E-state index in [4.69, 9.17) is 0 Å². The van der Waals surface area contributed by atoms with Gasteiger partial charge in [-0.25, -0.2) is 0 Å². The van der Waals surface area contributed by atoms with Crippen LogP contribution in [0.4, 0.5) is 5.69 Å². The van der Waals surface area contributed by atoms with Crippen LogP contribution in [0.5, 0.6) is 0 Å². The van der Waals surface area contributed by atoms with E-state index in [0.29, 0.717) is 0 Å². The van der Waals surface area contributed by atoms with Gasteiger partial charge < -0.3 is 10.2 Å². The Morgan fingerprint density at radius 1 is 1.24 bits per heavy atom. The van der Waals surface area contributed by atoms with Gasteiger partial charge in [-0.2, -0.15) is 11.8 Å². The maximum Gasteiger partial charge on any atom is 0.237 e. The average molecular weight is 307 g/mol. The lowest BCUT2D eigenvalue weighted by Gasteiger charge is -2.32. The summed E-state index contributed by atoms with van der Waals surface area (Å²) in [6.07, 6.45) is 1.95. The van der Waals surface area contributed by atoms with Crippen molar-refractivity contribution < 1.29 is 4.79 Å². The standard InChI is InChI=1S/C16H25N3OS/c1-13(21-3)16(20)17-15-6-4-14(5-7-15)12-19-10-8-18(2)9-11-19/h4-7,13H,8-12H2,1-3H3,(H,17,20)/t13-/m0/s1. The molecule has 1 amide bonds. The Morgan fingerprint density at radius 2 is 1.86 bits per heavy atom. The Bertz CT molecular complexity index is 455. The second kappa shape index (κ2) is 7.82. The first kappa shape index (κ1) is 16.3. The fourth-order valence-electron chi connectivity index (χ4n) is 2.31. The van der Waals surface area contributed by atoms with E-state index in [1.165, 1.54) is 5.56 Å². The minimum Gasteiger partial charge on any atom is -0.325 e. The SMILES string of the molecule is CS[C@@H](C)C(=O)Nc1ccc(CN2CCN(C)CC2)cc1. The number of nitrogens with one attached hydrogen (secondary N) is 1. The number of benzene rings is 1. The zero-order valence-electron chi connectivity index (χ0n) is 13.1. The van der Waals surface area contributed by atoms with E-state index in [9.17, 15) is 4.79 Å². The predicted octanol–water partition coefficient (Wildman–Crippen LogP) is 2.12. The highest BCUT2D eigenvalue weighted by Gasteiger charge is 2.14. The molecule has 1 atom stereocenters. The number of hydrogen-bond donors (Lipinski definition) is 1. The molecule has 5 heteroatoms. The van der Waals surface area contributed by atoms with Crippen LogP contribution >= 0.6 is 11.8 Å². The van der Waals surface area contributed by atoms with E-state index in [1.807, 2.05) is 25.3 Å². The molecule has 0 unspecified atom stereocenters. The van der Waals surface area contributed by atoms with Crippen molar-refractivity contribution >= 4 is 23.4 Å². The molecule has 21 heavy (non-hydrogen) atoms. The number of anilines is 1. The van der Waals surface area contributed by atoms with E-state index in [0.717, 1.165) is 38.4 Å². The highest BCUT2D eigenvalue weighted by molar-refractivity contribution is 7.99. The quantitative estimate of drug-likeness (QED) is 0.904.